The zero-order valence-electron chi connectivity index (χ0n) is 17.6. The molecule has 1 aliphatic heterocycles. The highest BCUT2D eigenvalue weighted by molar-refractivity contribution is 5.96. The van der Waals surface area contributed by atoms with E-state index in [2.05, 4.69) is 35.5 Å². The Labute approximate surface area is 185 Å². The van der Waals surface area contributed by atoms with E-state index < -0.39 is 0 Å². The van der Waals surface area contributed by atoms with Crippen molar-refractivity contribution < 1.29 is 4.79 Å². The average molecular weight is 426 g/mol. The summed E-state index contributed by atoms with van der Waals surface area (Å²) in [5.74, 6) is 0.334. The van der Waals surface area contributed by atoms with Crippen molar-refractivity contribution in [2.75, 3.05) is 16.8 Å². The first kappa shape index (κ1) is 19.8. The number of aryl methyl sites for hydroxylation is 1. The lowest BCUT2D eigenvalue weighted by molar-refractivity contribution is -0.117. The van der Waals surface area contributed by atoms with E-state index in [1.54, 1.807) is 29.3 Å². The molecule has 0 bridgehead atoms. The van der Waals surface area contributed by atoms with E-state index in [1.165, 1.54) is 0 Å². The minimum atomic E-state index is -0.279. The maximum atomic E-state index is 13.0. The Morgan fingerprint density at radius 3 is 2.62 bits per heavy atom. The second-order valence-corrected chi connectivity index (χ2v) is 7.63. The summed E-state index contributed by atoms with van der Waals surface area (Å²) in [6.07, 6.45) is 8.71. The van der Waals surface area contributed by atoms with Crippen molar-refractivity contribution in [3.05, 3.63) is 67.3 Å². The third kappa shape index (κ3) is 3.92. The molecule has 0 spiro atoms. The number of carbonyl (C=O) groups is 1. The first-order chi connectivity index (χ1) is 15.7. The van der Waals surface area contributed by atoms with Gasteiger partial charge in [0.1, 0.15) is 6.04 Å². The van der Waals surface area contributed by atoms with Crippen LogP contribution in [0.4, 0.5) is 11.5 Å². The molecule has 0 aliphatic carbocycles. The third-order valence-electron chi connectivity index (χ3n) is 5.59. The van der Waals surface area contributed by atoms with Gasteiger partial charge in [-0.25, -0.2) is 0 Å². The Morgan fingerprint density at radius 2 is 1.94 bits per heavy atom. The molecule has 0 radical (unpaired) electrons. The molecule has 0 aromatic carbocycles. The van der Waals surface area contributed by atoms with Crippen LogP contribution in [0.2, 0.25) is 0 Å². The molecule has 1 N–H and O–H groups in total. The van der Waals surface area contributed by atoms with Crippen molar-refractivity contribution >= 4 is 17.4 Å². The molecular formula is C23H22N8O. The number of hydrogen-bond donors (Lipinski definition) is 1. The predicted molar refractivity (Wildman–Crippen MR) is 121 cm³/mol. The van der Waals surface area contributed by atoms with Gasteiger partial charge in [0, 0.05) is 37.7 Å². The lowest BCUT2D eigenvalue weighted by atomic mass is 10.2. The monoisotopic (exact) mass is 426 g/mol. The van der Waals surface area contributed by atoms with Gasteiger partial charge in [-0.05, 0) is 55.3 Å². The lowest BCUT2D eigenvalue weighted by Crippen LogP contribution is -2.40. The standard InChI is InChI=1S/C23H22N8O/c1-30-20(10-12-26-30)19-7-6-17(15-25-19)31-13-3-5-21(31)23(32)27-22-9-8-18(28-29-22)16-4-2-11-24-14-16/h2,4,6-12,14-15,21H,3,5,13H2,1H3,(H,27,29,32)/t21-/m0/s1. The number of hydrogen-bond acceptors (Lipinski definition) is 7. The van der Waals surface area contributed by atoms with E-state index in [-0.39, 0.29) is 11.9 Å². The number of carbonyl (C=O) groups excluding carboxylic acids is 1. The molecule has 1 fully saturated rings. The molecule has 1 amide bonds. The summed E-state index contributed by atoms with van der Waals surface area (Å²) >= 11 is 0. The highest BCUT2D eigenvalue weighted by Crippen LogP contribution is 2.27. The minimum absolute atomic E-state index is 0.0957. The Morgan fingerprint density at radius 1 is 1.03 bits per heavy atom. The van der Waals surface area contributed by atoms with Gasteiger partial charge in [-0.15, -0.1) is 10.2 Å². The number of nitrogens with zero attached hydrogens (tertiary/aromatic N) is 7. The summed E-state index contributed by atoms with van der Waals surface area (Å²) in [5.41, 5.74) is 4.30. The van der Waals surface area contributed by atoms with Gasteiger partial charge in [-0.1, -0.05) is 0 Å². The molecule has 32 heavy (non-hydrogen) atoms. The van der Waals surface area contributed by atoms with Gasteiger partial charge in [0.05, 0.1) is 29.0 Å². The predicted octanol–water partition coefficient (Wildman–Crippen LogP) is 2.94. The largest absolute Gasteiger partial charge is 0.358 e. The molecule has 9 heteroatoms. The molecule has 0 unspecified atom stereocenters. The number of rotatable bonds is 5. The number of nitrogens with one attached hydrogen (secondary N) is 1. The maximum absolute atomic E-state index is 13.0. The van der Waals surface area contributed by atoms with E-state index in [1.807, 2.05) is 49.6 Å². The van der Waals surface area contributed by atoms with E-state index in [0.717, 1.165) is 42.0 Å². The highest BCUT2D eigenvalue weighted by Gasteiger charge is 2.31. The van der Waals surface area contributed by atoms with Crippen LogP contribution in [0.25, 0.3) is 22.6 Å². The second kappa shape index (κ2) is 8.54. The molecule has 4 aromatic heterocycles. The van der Waals surface area contributed by atoms with Crippen LogP contribution >= 0.6 is 0 Å². The summed E-state index contributed by atoms with van der Waals surface area (Å²) in [6.45, 7) is 0.802. The van der Waals surface area contributed by atoms with Crippen LogP contribution in [0.5, 0.6) is 0 Å². The zero-order chi connectivity index (χ0) is 21.9. The fourth-order valence-corrected chi connectivity index (χ4v) is 3.96. The van der Waals surface area contributed by atoms with Crippen LogP contribution < -0.4 is 10.2 Å². The Hall–Kier alpha value is -4.14. The van der Waals surface area contributed by atoms with E-state index >= 15 is 0 Å². The van der Waals surface area contributed by atoms with Gasteiger partial charge in [0.15, 0.2) is 5.82 Å². The highest BCUT2D eigenvalue weighted by atomic mass is 16.2. The topological polar surface area (TPSA) is 102 Å². The second-order valence-electron chi connectivity index (χ2n) is 7.63. The first-order valence-corrected chi connectivity index (χ1v) is 10.4. The van der Waals surface area contributed by atoms with Gasteiger partial charge in [0.2, 0.25) is 5.91 Å². The molecule has 1 aliphatic rings. The fourth-order valence-electron chi connectivity index (χ4n) is 3.96. The Bertz CT molecular complexity index is 1210. The van der Waals surface area contributed by atoms with E-state index in [4.69, 9.17) is 0 Å². The Kier molecular flexibility index (Phi) is 5.29. The average Bonchev–Trinajstić information content (AvgIpc) is 3.50. The van der Waals surface area contributed by atoms with Gasteiger partial charge >= 0.3 is 0 Å². The summed E-state index contributed by atoms with van der Waals surface area (Å²) in [5, 5.41) is 15.5. The summed E-state index contributed by atoms with van der Waals surface area (Å²) in [7, 11) is 1.89. The van der Waals surface area contributed by atoms with Crippen LogP contribution in [0.15, 0.2) is 67.3 Å². The van der Waals surface area contributed by atoms with Crippen molar-refractivity contribution in [3.8, 4) is 22.6 Å². The molecular weight excluding hydrogens is 404 g/mol. The fraction of sp³-hybridized carbons (Fsp3) is 0.217. The van der Waals surface area contributed by atoms with Crippen LogP contribution in [0.1, 0.15) is 12.8 Å². The van der Waals surface area contributed by atoms with Crippen molar-refractivity contribution in [1.29, 1.82) is 0 Å². The smallest absolute Gasteiger partial charge is 0.248 e. The number of amides is 1. The number of pyridine rings is 2. The molecule has 5 heterocycles. The summed E-state index contributed by atoms with van der Waals surface area (Å²) in [6, 6.07) is 13.0. The van der Waals surface area contributed by atoms with E-state index in [0.29, 0.717) is 11.5 Å². The molecule has 1 saturated heterocycles. The third-order valence-corrected chi connectivity index (χ3v) is 5.59. The molecule has 0 saturated carbocycles. The van der Waals surface area contributed by atoms with Crippen LogP contribution in [-0.2, 0) is 11.8 Å². The minimum Gasteiger partial charge on any atom is -0.358 e. The van der Waals surface area contributed by atoms with Gasteiger partial charge in [0.25, 0.3) is 0 Å². The maximum Gasteiger partial charge on any atom is 0.248 e. The van der Waals surface area contributed by atoms with Gasteiger partial charge in [-0.2, -0.15) is 5.10 Å². The number of aromatic nitrogens is 6. The van der Waals surface area contributed by atoms with Crippen LogP contribution in [0, 0.1) is 0 Å². The van der Waals surface area contributed by atoms with Crippen molar-refractivity contribution in [2.24, 2.45) is 7.05 Å². The summed E-state index contributed by atoms with van der Waals surface area (Å²) in [4.78, 5) is 23.8. The molecule has 4 aromatic rings. The van der Waals surface area contributed by atoms with Crippen molar-refractivity contribution in [2.45, 2.75) is 18.9 Å². The molecule has 1 atom stereocenters. The normalized spacial score (nSPS) is 15.7. The van der Waals surface area contributed by atoms with Crippen molar-refractivity contribution in [1.82, 2.24) is 29.9 Å². The van der Waals surface area contributed by atoms with Gasteiger partial charge < -0.3 is 10.2 Å². The van der Waals surface area contributed by atoms with E-state index in [9.17, 15) is 4.79 Å². The van der Waals surface area contributed by atoms with Gasteiger partial charge in [-0.3, -0.25) is 19.4 Å². The SMILES string of the molecule is Cn1nccc1-c1ccc(N2CCC[C@H]2C(=O)Nc2ccc(-c3cccnc3)nn2)cn1. The zero-order valence-corrected chi connectivity index (χ0v) is 17.6. The van der Waals surface area contributed by atoms with Crippen molar-refractivity contribution in [3.63, 3.8) is 0 Å². The molecule has 160 valence electrons. The summed E-state index contributed by atoms with van der Waals surface area (Å²) < 4.78 is 1.79. The number of anilines is 2. The quantitative estimate of drug-likeness (QED) is 0.523. The first-order valence-electron chi connectivity index (χ1n) is 10.4. The van der Waals surface area contributed by atoms with Crippen LogP contribution in [0.3, 0.4) is 0 Å². The lowest BCUT2D eigenvalue weighted by Gasteiger charge is -2.25. The Balaban J connectivity index is 1.28. The molecule has 9 nitrogen and oxygen atoms in total. The molecule has 5 rings (SSSR count). The van der Waals surface area contributed by atoms with Crippen LogP contribution in [-0.4, -0.2) is 48.4 Å².